The lowest BCUT2D eigenvalue weighted by atomic mass is 10.1. The monoisotopic (exact) mass is 404 g/mol. The number of unbranched alkanes of at least 4 members (excludes halogenated alkanes) is 1. The number of ether oxygens (including phenoxy) is 1. The van der Waals surface area contributed by atoms with Crippen molar-refractivity contribution in [2.45, 2.75) is 50.1 Å². The van der Waals surface area contributed by atoms with E-state index in [2.05, 4.69) is 19.2 Å². The fourth-order valence-corrected chi connectivity index (χ4v) is 3.53. The van der Waals surface area contributed by atoms with Gasteiger partial charge in [0.2, 0.25) is 5.91 Å². The largest absolute Gasteiger partial charge is 0.494 e. The molecule has 26 heavy (non-hydrogen) atoms. The highest BCUT2D eigenvalue weighted by Crippen LogP contribution is 2.16. The number of hydrogen-bond acceptors (Lipinski definition) is 5. The van der Waals surface area contributed by atoms with Crippen LogP contribution >= 0.6 is 12.4 Å². The summed E-state index contributed by atoms with van der Waals surface area (Å²) in [7, 11) is -3.18. The van der Waals surface area contributed by atoms with Crippen LogP contribution in [-0.4, -0.2) is 57.3 Å². The van der Waals surface area contributed by atoms with Crippen LogP contribution < -0.4 is 10.1 Å². The first-order valence-electron chi connectivity index (χ1n) is 8.75. The van der Waals surface area contributed by atoms with Crippen molar-refractivity contribution in [1.82, 2.24) is 10.2 Å². The van der Waals surface area contributed by atoms with E-state index >= 15 is 0 Å². The van der Waals surface area contributed by atoms with Gasteiger partial charge in [0, 0.05) is 37.8 Å². The molecule has 148 valence electrons. The van der Waals surface area contributed by atoms with Gasteiger partial charge >= 0.3 is 0 Å². The Morgan fingerprint density at radius 1 is 1.23 bits per heavy atom. The molecule has 1 aromatic rings. The quantitative estimate of drug-likeness (QED) is 0.705. The second kappa shape index (κ2) is 10.1. The van der Waals surface area contributed by atoms with Crippen molar-refractivity contribution in [3.8, 4) is 5.75 Å². The van der Waals surface area contributed by atoms with E-state index in [0.29, 0.717) is 24.8 Å². The van der Waals surface area contributed by atoms with Gasteiger partial charge < -0.3 is 15.0 Å². The van der Waals surface area contributed by atoms with E-state index < -0.39 is 9.84 Å². The minimum absolute atomic E-state index is 0. The van der Waals surface area contributed by atoms with Crippen molar-refractivity contribution in [2.75, 3.05) is 26.0 Å². The second-order valence-electron chi connectivity index (χ2n) is 6.62. The van der Waals surface area contributed by atoms with E-state index in [9.17, 15) is 13.2 Å². The summed E-state index contributed by atoms with van der Waals surface area (Å²) >= 11 is 0. The molecule has 1 heterocycles. The van der Waals surface area contributed by atoms with Gasteiger partial charge in [-0.1, -0.05) is 0 Å². The van der Waals surface area contributed by atoms with E-state index in [0.717, 1.165) is 25.9 Å². The molecular weight excluding hydrogens is 376 g/mol. The molecule has 1 N–H and O–H groups in total. The fraction of sp³-hybridized carbons (Fsp3) is 0.611. The van der Waals surface area contributed by atoms with Crippen LogP contribution in [0.1, 0.15) is 33.1 Å². The van der Waals surface area contributed by atoms with E-state index in [4.69, 9.17) is 4.74 Å². The van der Waals surface area contributed by atoms with Gasteiger partial charge in [-0.3, -0.25) is 4.79 Å². The van der Waals surface area contributed by atoms with Crippen LogP contribution in [0.3, 0.4) is 0 Å². The standard InChI is InChI=1S/C18H28N2O4S.ClH/c1-14-15(2)20(12-11-19-14)18(21)6-4-5-13-24-16-7-9-17(10-8-16)25(3,22)23;/h7-10,14-15,19H,4-6,11-13H2,1-3H3;1H. The number of nitrogens with one attached hydrogen (secondary N) is 1. The maximum atomic E-state index is 12.3. The number of hydrogen-bond donors (Lipinski definition) is 1. The lowest BCUT2D eigenvalue weighted by molar-refractivity contribution is -0.135. The maximum Gasteiger partial charge on any atom is 0.222 e. The molecule has 1 amide bonds. The Bertz CT molecular complexity index is 679. The first kappa shape index (κ1) is 22.7. The summed E-state index contributed by atoms with van der Waals surface area (Å²) in [5, 5.41) is 3.37. The highest BCUT2D eigenvalue weighted by Gasteiger charge is 2.27. The van der Waals surface area contributed by atoms with Crippen molar-refractivity contribution >= 4 is 28.2 Å². The highest BCUT2D eigenvalue weighted by atomic mass is 35.5. The molecule has 1 aliphatic rings. The van der Waals surface area contributed by atoms with Gasteiger partial charge in [0.05, 0.1) is 11.5 Å². The van der Waals surface area contributed by atoms with E-state index in [1.165, 1.54) is 6.26 Å². The molecule has 1 saturated heterocycles. The minimum atomic E-state index is -3.18. The second-order valence-corrected chi connectivity index (χ2v) is 8.64. The van der Waals surface area contributed by atoms with Gasteiger partial charge in [-0.05, 0) is 51.0 Å². The zero-order valence-electron chi connectivity index (χ0n) is 15.6. The Morgan fingerprint density at radius 2 is 1.88 bits per heavy atom. The number of carbonyl (C=O) groups excluding carboxylic acids is 1. The Kier molecular flexibility index (Phi) is 8.86. The third kappa shape index (κ3) is 6.45. The molecule has 6 nitrogen and oxygen atoms in total. The number of halogens is 1. The fourth-order valence-electron chi connectivity index (χ4n) is 2.90. The van der Waals surface area contributed by atoms with E-state index in [1.54, 1.807) is 24.3 Å². The number of piperazine rings is 1. The van der Waals surface area contributed by atoms with E-state index in [-0.39, 0.29) is 29.3 Å². The highest BCUT2D eigenvalue weighted by molar-refractivity contribution is 7.90. The summed E-state index contributed by atoms with van der Waals surface area (Å²) < 4.78 is 28.4. The molecule has 8 heteroatoms. The number of rotatable bonds is 7. The number of amides is 1. The molecule has 2 atom stereocenters. The predicted molar refractivity (Wildman–Crippen MR) is 105 cm³/mol. The molecule has 2 rings (SSSR count). The minimum Gasteiger partial charge on any atom is -0.494 e. The Hall–Kier alpha value is -1.31. The van der Waals surface area contributed by atoms with Crippen molar-refractivity contribution in [2.24, 2.45) is 0 Å². The van der Waals surface area contributed by atoms with Crippen LogP contribution in [0.4, 0.5) is 0 Å². The van der Waals surface area contributed by atoms with Gasteiger partial charge in [-0.25, -0.2) is 8.42 Å². The topological polar surface area (TPSA) is 75.7 Å². The zero-order chi connectivity index (χ0) is 18.4. The predicted octanol–water partition coefficient (Wildman–Crippen LogP) is 2.27. The Morgan fingerprint density at radius 3 is 2.50 bits per heavy atom. The maximum absolute atomic E-state index is 12.3. The molecule has 1 aliphatic heterocycles. The number of carbonyl (C=O) groups is 1. The first-order chi connectivity index (χ1) is 11.8. The number of nitrogens with zero attached hydrogens (tertiary/aromatic N) is 1. The van der Waals surface area contributed by atoms with Gasteiger partial charge in [0.1, 0.15) is 5.75 Å². The van der Waals surface area contributed by atoms with Crippen molar-refractivity contribution in [3.63, 3.8) is 0 Å². The molecule has 0 bridgehead atoms. The summed E-state index contributed by atoms with van der Waals surface area (Å²) in [5.74, 6) is 0.849. The lowest BCUT2D eigenvalue weighted by Crippen LogP contribution is -2.57. The van der Waals surface area contributed by atoms with Crippen LogP contribution in [0.25, 0.3) is 0 Å². The van der Waals surface area contributed by atoms with Crippen LogP contribution in [-0.2, 0) is 14.6 Å². The lowest BCUT2D eigenvalue weighted by Gasteiger charge is -2.38. The summed E-state index contributed by atoms with van der Waals surface area (Å²) in [6, 6.07) is 6.96. The van der Waals surface area contributed by atoms with Gasteiger partial charge in [0.25, 0.3) is 0 Å². The molecule has 1 aromatic carbocycles. The van der Waals surface area contributed by atoms with E-state index in [1.807, 2.05) is 4.90 Å². The van der Waals surface area contributed by atoms with Gasteiger partial charge in [-0.2, -0.15) is 0 Å². The zero-order valence-corrected chi connectivity index (χ0v) is 17.2. The number of benzene rings is 1. The molecule has 2 unspecified atom stereocenters. The normalized spacial score (nSPS) is 20.3. The van der Waals surface area contributed by atoms with Crippen LogP contribution in [0, 0.1) is 0 Å². The molecular formula is C18H29ClN2O4S. The molecule has 1 fully saturated rings. The molecule has 0 aromatic heterocycles. The third-order valence-corrected chi connectivity index (χ3v) is 5.79. The Labute approximate surface area is 162 Å². The molecule has 0 radical (unpaired) electrons. The molecule has 0 spiro atoms. The number of sulfone groups is 1. The SMILES string of the molecule is CC1NCCN(C(=O)CCCCOc2ccc(S(C)(=O)=O)cc2)C1C.Cl. The first-order valence-corrected chi connectivity index (χ1v) is 10.6. The van der Waals surface area contributed by atoms with Crippen LogP contribution in [0.5, 0.6) is 5.75 Å². The van der Waals surface area contributed by atoms with Crippen molar-refractivity contribution in [3.05, 3.63) is 24.3 Å². The smallest absolute Gasteiger partial charge is 0.222 e. The molecule has 0 aliphatic carbocycles. The van der Waals surface area contributed by atoms with Crippen LogP contribution in [0.15, 0.2) is 29.2 Å². The summed E-state index contributed by atoms with van der Waals surface area (Å²) in [5.41, 5.74) is 0. The van der Waals surface area contributed by atoms with Crippen LogP contribution in [0.2, 0.25) is 0 Å². The van der Waals surface area contributed by atoms with Gasteiger partial charge in [0.15, 0.2) is 9.84 Å². The van der Waals surface area contributed by atoms with Gasteiger partial charge in [-0.15, -0.1) is 12.4 Å². The van der Waals surface area contributed by atoms with Crippen molar-refractivity contribution in [1.29, 1.82) is 0 Å². The summed E-state index contributed by atoms with van der Waals surface area (Å²) in [4.78, 5) is 14.6. The molecule has 0 saturated carbocycles. The summed E-state index contributed by atoms with van der Waals surface area (Å²) in [6.45, 7) is 6.32. The average molecular weight is 405 g/mol. The average Bonchev–Trinajstić information content (AvgIpc) is 2.56. The van der Waals surface area contributed by atoms with Crippen molar-refractivity contribution < 1.29 is 17.9 Å². The Balaban J connectivity index is 0.00000338. The summed E-state index contributed by atoms with van der Waals surface area (Å²) in [6.07, 6.45) is 3.29. The third-order valence-electron chi connectivity index (χ3n) is 4.66.